The third-order valence-electron chi connectivity index (χ3n) is 2.25. The average Bonchev–Trinajstić information content (AvgIpc) is 2.20. The van der Waals surface area contributed by atoms with Gasteiger partial charge in [0.05, 0.1) is 10.2 Å². The van der Waals surface area contributed by atoms with Gasteiger partial charge in [-0.25, -0.2) is 4.39 Å². The highest BCUT2D eigenvalue weighted by molar-refractivity contribution is 9.10. The lowest BCUT2D eigenvalue weighted by molar-refractivity contribution is -0.123. The molecule has 6 heteroatoms. The Morgan fingerprint density at radius 2 is 2.31 bits per heavy atom. The number of carbonyl (C=O) groups is 1. The Morgan fingerprint density at radius 1 is 1.56 bits per heavy atom. The van der Waals surface area contributed by atoms with Crippen molar-refractivity contribution < 1.29 is 13.9 Å². The van der Waals surface area contributed by atoms with Crippen molar-refractivity contribution in [1.82, 2.24) is 0 Å². The van der Waals surface area contributed by atoms with Gasteiger partial charge in [0, 0.05) is 12.5 Å². The molecule has 1 unspecified atom stereocenters. The first-order chi connectivity index (χ1) is 7.61. The van der Waals surface area contributed by atoms with Crippen LogP contribution in [-0.2, 0) is 4.79 Å². The number of nitrogens with two attached hydrogens (primary N) is 1. The highest BCUT2D eigenvalue weighted by atomic mass is 79.9. The van der Waals surface area contributed by atoms with Crippen LogP contribution in [0.1, 0.15) is 6.42 Å². The molecule has 16 heavy (non-hydrogen) atoms. The van der Waals surface area contributed by atoms with Gasteiger partial charge >= 0.3 is 0 Å². The zero-order valence-electron chi connectivity index (χ0n) is 8.30. The summed E-state index contributed by atoms with van der Waals surface area (Å²) in [5, 5.41) is 2.59. The minimum absolute atomic E-state index is 0.296. The van der Waals surface area contributed by atoms with E-state index in [0.717, 1.165) is 0 Å². The second-order valence-electron chi connectivity index (χ2n) is 3.44. The van der Waals surface area contributed by atoms with Crippen LogP contribution in [-0.4, -0.2) is 18.6 Å². The Hall–Kier alpha value is -1.14. The van der Waals surface area contributed by atoms with E-state index < -0.39 is 11.9 Å². The molecule has 0 saturated carbocycles. The lowest BCUT2D eigenvalue weighted by Crippen LogP contribution is -2.38. The number of benzene rings is 1. The quantitative estimate of drug-likeness (QED) is 0.870. The summed E-state index contributed by atoms with van der Waals surface area (Å²) in [5.41, 5.74) is 5.71. The second-order valence-corrected chi connectivity index (χ2v) is 4.29. The number of fused-ring (bicyclic) bond motifs is 1. The smallest absolute Gasteiger partial charge is 0.265 e. The first kappa shape index (κ1) is 11.3. The molecule has 1 heterocycles. The number of carbonyl (C=O) groups excluding carboxylic acids is 1. The Labute approximate surface area is 100 Å². The molecule has 1 amide bonds. The fourth-order valence-electron chi connectivity index (χ4n) is 1.52. The molecule has 0 radical (unpaired) electrons. The van der Waals surface area contributed by atoms with Gasteiger partial charge in [-0.05, 0) is 28.5 Å². The van der Waals surface area contributed by atoms with Gasteiger partial charge in [-0.15, -0.1) is 0 Å². The van der Waals surface area contributed by atoms with E-state index in [2.05, 4.69) is 21.2 Å². The maximum absolute atomic E-state index is 13.1. The van der Waals surface area contributed by atoms with Crippen molar-refractivity contribution >= 4 is 27.5 Å². The average molecular weight is 289 g/mol. The van der Waals surface area contributed by atoms with Crippen molar-refractivity contribution in [2.45, 2.75) is 12.5 Å². The molecule has 3 N–H and O–H groups in total. The van der Waals surface area contributed by atoms with Crippen molar-refractivity contribution in [3.05, 3.63) is 22.4 Å². The SMILES string of the molecule is NCCC1Oc2c(Br)cc(F)cc2NC1=O. The maximum Gasteiger partial charge on any atom is 0.265 e. The highest BCUT2D eigenvalue weighted by Crippen LogP contribution is 2.38. The Kier molecular flexibility index (Phi) is 3.11. The van der Waals surface area contributed by atoms with Gasteiger partial charge in [0.25, 0.3) is 5.91 Å². The number of hydrogen-bond acceptors (Lipinski definition) is 3. The van der Waals surface area contributed by atoms with Gasteiger partial charge in [-0.3, -0.25) is 4.79 Å². The zero-order chi connectivity index (χ0) is 11.7. The molecule has 0 fully saturated rings. The fraction of sp³-hybridized carbons (Fsp3) is 0.300. The minimum atomic E-state index is -0.612. The van der Waals surface area contributed by atoms with Crippen LogP contribution in [0.2, 0.25) is 0 Å². The Bertz CT molecular complexity index is 439. The molecular formula is C10H10BrFN2O2. The third-order valence-corrected chi connectivity index (χ3v) is 2.84. The first-order valence-corrected chi connectivity index (χ1v) is 5.57. The van der Waals surface area contributed by atoms with Gasteiger partial charge < -0.3 is 15.8 Å². The van der Waals surface area contributed by atoms with Crippen LogP contribution in [0.25, 0.3) is 0 Å². The van der Waals surface area contributed by atoms with E-state index in [1.165, 1.54) is 12.1 Å². The van der Waals surface area contributed by atoms with Gasteiger partial charge in [0.2, 0.25) is 0 Å². The number of amides is 1. The third kappa shape index (κ3) is 2.03. The maximum atomic E-state index is 13.1. The van der Waals surface area contributed by atoms with E-state index in [1.54, 1.807) is 0 Å². The van der Waals surface area contributed by atoms with E-state index in [4.69, 9.17) is 10.5 Å². The van der Waals surface area contributed by atoms with Gasteiger partial charge in [-0.2, -0.15) is 0 Å². The summed E-state index contributed by atoms with van der Waals surface area (Å²) in [6.45, 7) is 0.353. The van der Waals surface area contributed by atoms with Crippen LogP contribution >= 0.6 is 15.9 Å². The standard InChI is InChI=1S/C10H10BrFN2O2/c11-6-3-5(12)4-7-9(6)16-8(1-2-13)10(15)14-7/h3-4,8H,1-2,13H2,(H,14,15). The summed E-state index contributed by atoms with van der Waals surface area (Å²) < 4.78 is 19.0. The molecular weight excluding hydrogens is 279 g/mol. The predicted octanol–water partition coefficient (Wildman–Crippen LogP) is 1.64. The first-order valence-electron chi connectivity index (χ1n) is 4.78. The largest absolute Gasteiger partial charge is 0.477 e. The zero-order valence-corrected chi connectivity index (χ0v) is 9.88. The molecule has 86 valence electrons. The molecule has 0 aliphatic carbocycles. The van der Waals surface area contributed by atoms with E-state index in [0.29, 0.717) is 28.9 Å². The second kappa shape index (κ2) is 4.39. The predicted molar refractivity (Wildman–Crippen MR) is 60.8 cm³/mol. The molecule has 0 spiro atoms. The summed E-state index contributed by atoms with van der Waals surface area (Å²) in [4.78, 5) is 11.5. The van der Waals surface area contributed by atoms with E-state index in [-0.39, 0.29) is 5.91 Å². The topological polar surface area (TPSA) is 64.3 Å². The van der Waals surface area contributed by atoms with Gasteiger partial charge in [-0.1, -0.05) is 0 Å². The van der Waals surface area contributed by atoms with E-state index in [9.17, 15) is 9.18 Å². The van der Waals surface area contributed by atoms with Crippen molar-refractivity contribution in [3.8, 4) is 5.75 Å². The lowest BCUT2D eigenvalue weighted by atomic mass is 10.1. The van der Waals surface area contributed by atoms with Crippen LogP contribution in [0.4, 0.5) is 10.1 Å². The molecule has 0 aromatic heterocycles. The molecule has 0 bridgehead atoms. The molecule has 0 saturated heterocycles. The molecule has 1 aliphatic rings. The van der Waals surface area contributed by atoms with Crippen molar-refractivity contribution in [2.24, 2.45) is 5.73 Å². The molecule has 1 aromatic rings. The van der Waals surface area contributed by atoms with E-state index in [1.807, 2.05) is 0 Å². The van der Waals surface area contributed by atoms with Crippen molar-refractivity contribution in [1.29, 1.82) is 0 Å². The summed E-state index contributed by atoms with van der Waals surface area (Å²) in [7, 11) is 0. The number of nitrogens with one attached hydrogen (secondary N) is 1. The summed E-state index contributed by atoms with van der Waals surface area (Å²) in [5.74, 6) is -0.290. The summed E-state index contributed by atoms with van der Waals surface area (Å²) in [6.07, 6.45) is -0.186. The van der Waals surface area contributed by atoms with Gasteiger partial charge in [0.1, 0.15) is 5.82 Å². The number of ether oxygens (including phenoxy) is 1. The lowest BCUT2D eigenvalue weighted by Gasteiger charge is -2.26. The fourth-order valence-corrected chi connectivity index (χ4v) is 2.05. The summed E-state index contributed by atoms with van der Waals surface area (Å²) >= 11 is 3.18. The van der Waals surface area contributed by atoms with E-state index >= 15 is 0 Å². The number of anilines is 1. The van der Waals surface area contributed by atoms with Crippen LogP contribution in [0.5, 0.6) is 5.75 Å². The Morgan fingerprint density at radius 3 is 3.00 bits per heavy atom. The van der Waals surface area contributed by atoms with Crippen LogP contribution < -0.4 is 15.8 Å². The van der Waals surface area contributed by atoms with Crippen LogP contribution in [0.3, 0.4) is 0 Å². The molecule has 1 atom stereocenters. The summed E-state index contributed by atoms with van der Waals surface area (Å²) in [6, 6.07) is 2.51. The Balaban J connectivity index is 2.35. The molecule has 1 aromatic carbocycles. The van der Waals surface area contributed by atoms with Crippen LogP contribution in [0, 0.1) is 5.82 Å². The normalized spacial score (nSPS) is 18.7. The number of hydrogen-bond donors (Lipinski definition) is 2. The van der Waals surface area contributed by atoms with Gasteiger partial charge in [0.15, 0.2) is 11.9 Å². The molecule has 2 rings (SSSR count). The van der Waals surface area contributed by atoms with Crippen molar-refractivity contribution in [2.75, 3.05) is 11.9 Å². The van der Waals surface area contributed by atoms with Crippen LogP contribution in [0.15, 0.2) is 16.6 Å². The number of halogens is 2. The molecule has 4 nitrogen and oxygen atoms in total. The minimum Gasteiger partial charge on any atom is -0.477 e. The van der Waals surface area contributed by atoms with Crippen molar-refractivity contribution in [3.63, 3.8) is 0 Å². The number of rotatable bonds is 2. The monoisotopic (exact) mass is 288 g/mol. The molecule has 1 aliphatic heterocycles. The highest BCUT2D eigenvalue weighted by Gasteiger charge is 2.28.